The zero-order valence-electron chi connectivity index (χ0n) is 29.3. The van der Waals surface area contributed by atoms with E-state index in [9.17, 15) is 28.8 Å². The first-order valence-electron chi connectivity index (χ1n) is 17.0. The number of anilines is 1. The van der Waals surface area contributed by atoms with Crippen LogP contribution in [0.5, 0.6) is 0 Å². The van der Waals surface area contributed by atoms with Gasteiger partial charge in [0.05, 0.1) is 6.04 Å². The van der Waals surface area contributed by atoms with Gasteiger partial charge in [-0.15, -0.1) is 0 Å². The third kappa shape index (κ3) is 9.25. The third-order valence-corrected chi connectivity index (χ3v) is 8.69. The molecule has 1 aromatic carbocycles. The minimum Gasteiger partial charge on any atom is -0.443 e. The molecule has 2 heterocycles. The number of hydrogen-bond donors (Lipinski definition) is 3. The Kier molecular flexibility index (Phi) is 11.4. The lowest BCUT2D eigenvalue weighted by Crippen LogP contribution is -2.54. The van der Waals surface area contributed by atoms with Crippen molar-refractivity contribution in [1.29, 1.82) is 0 Å². The number of amides is 6. The second kappa shape index (κ2) is 14.9. The van der Waals surface area contributed by atoms with E-state index in [0.29, 0.717) is 24.9 Å². The molecule has 48 heavy (non-hydrogen) atoms. The summed E-state index contributed by atoms with van der Waals surface area (Å²) in [6.45, 7) is 12.5. The number of ether oxygens (including phenoxy) is 2. The van der Waals surface area contributed by atoms with Crippen molar-refractivity contribution in [3.63, 3.8) is 0 Å². The molecular weight excluding hydrogens is 618 g/mol. The predicted octanol–water partition coefficient (Wildman–Crippen LogP) is 5.05. The number of piperidine rings is 1. The van der Waals surface area contributed by atoms with Crippen LogP contribution in [0.4, 0.5) is 15.3 Å². The molecule has 0 spiro atoms. The first-order chi connectivity index (χ1) is 22.4. The minimum atomic E-state index is -0.786. The zero-order valence-corrected chi connectivity index (χ0v) is 29.3. The number of unbranched alkanes of at least 4 members (excludes halogenated alkanes) is 1. The summed E-state index contributed by atoms with van der Waals surface area (Å²) >= 11 is 0. The summed E-state index contributed by atoms with van der Waals surface area (Å²) in [5, 5.41) is 8.90. The molecule has 13 heteroatoms. The Hall–Kier alpha value is -4.16. The maximum atomic E-state index is 14.0. The van der Waals surface area contributed by atoms with Crippen LogP contribution < -0.4 is 16.0 Å². The van der Waals surface area contributed by atoms with Gasteiger partial charge in [0.25, 0.3) is 5.91 Å². The van der Waals surface area contributed by atoms with E-state index >= 15 is 0 Å². The highest BCUT2D eigenvalue weighted by molar-refractivity contribution is 6.06. The topological polar surface area (TPSA) is 163 Å². The number of carbonyl (C=O) groups excluding carboxylic acids is 6. The summed E-state index contributed by atoms with van der Waals surface area (Å²) in [5.74, 6) is -1.06. The van der Waals surface area contributed by atoms with Gasteiger partial charge in [-0.2, -0.15) is 0 Å². The Balaban J connectivity index is 1.50. The monoisotopic (exact) mass is 669 g/mol. The summed E-state index contributed by atoms with van der Waals surface area (Å²) in [4.78, 5) is 79.1. The normalized spacial score (nSPS) is 22.8. The lowest BCUT2D eigenvalue weighted by atomic mass is 9.78. The van der Waals surface area contributed by atoms with Crippen LogP contribution in [0.15, 0.2) is 18.2 Å². The second-order valence-electron chi connectivity index (χ2n) is 14.9. The van der Waals surface area contributed by atoms with Gasteiger partial charge in [0.15, 0.2) is 0 Å². The van der Waals surface area contributed by atoms with Gasteiger partial charge < -0.3 is 25.0 Å². The molecule has 6 amide bonds. The van der Waals surface area contributed by atoms with E-state index in [0.717, 1.165) is 41.8 Å². The molecule has 1 saturated carbocycles. The molecule has 13 nitrogen and oxygen atoms in total. The van der Waals surface area contributed by atoms with Crippen LogP contribution in [0.1, 0.15) is 122 Å². The van der Waals surface area contributed by atoms with Gasteiger partial charge in [0.2, 0.25) is 17.7 Å². The first-order valence-corrected chi connectivity index (χ1v) is 17.0. The van der Waals surface area contributed by atoms with Crippen molar-refractivity contribution in [3.05, 3.63) is 29.3 Å². The molecule has 4 rings (SSSR count). The van der Waals surface area contributed by atoms with Crippen LogP contribution >= 0.6 is 0 Å². The standard InChI is InChI=1S/C35H51N5O8/c1-21(41)37-23-15-13-22(14-16-23)29-28-24(31(44)40(29)26-17-18-27(42)38-30(26)43)11-10-12-25(28)36-19-8-9-20-39(32(45)47-34(2,3)4)33(46)48-35(5,6)7/h10-12,22-23,26,29,36H,8-9,13-20H2,1-7H3,(H,37,41)(H,38,42,43)/t22?,23?,26-,29-/m1/s1. The number of carbonyl (C=O) groups is 6. The molecule has 1 aliphatic carbocycles. The molecule has 0 radical (unpaired) electrons. The highest BCUT2D eigenvalue weighted by atomic mass is 16.6. The van der Waals surface area contributed by atoms with E-state index < -0.39 is 35.3 Å². The number of benzene rings is 1. The number of hydrogen-bond acceptors (Lipinski definition) is 9. The smallest absolute Gasteiger partial charge is 0.419 e. The molecule has 264 valence electrons. The van der Waals surface area contributed by atoms with Crippen molar-refractivity contribution >= 4 is 41.5 Å². The lowest BCUT2D eigenvalue weighted by molar-refractivity contribution is -0.137. The Morgan fingerprint density at radius 3 is 2.10 bits per heavy atom. The van der Waals surface area contributed by atoms with E-state index in [1.165, 1.54) is 6.92 Å². The highest BCUT2D eigenvalue weighted by Gasteiger charge is 2.49. The average Bonchev–Trinajstić information content (AvgIpc) is 3.25. The van der Waals surface area contributed by atoms with Crippen molar-refractivity contribution in [2.75, 3.05) is 18.4 Å². The van der Waals surface area contributed by atoms with Crippen molar-refractivity contribution in [2.45, 2.75) is 129 Å². The van der Waals surface area contributed by atoms with E-state index in [2.05, 4.69) is 16.0 Å². The first kappa shape index (κ1) is 36.7. The fourth-order valence-electron chi connectivity index (χ4n) is 6.75. The molecule has 3 aliphatic rings. The number of fused-ring (bicyclic) bond motifs is 1. The molecular formula is C35H51N5O8. The molecule has 0 aromatic heterocycles. The zero-order chi connectivity index (χ0) is 35.4. The quantitative estimate of drug-likeness (QED) is 0.241. The molecule has 3 N–H and O–H groups in total. The van der Waals surface area contributed by atoms with E-state index in [-0.39, 0.29) is 55.1 Å². The average molecular weight is 670 g/mol. The van der Waals surface area contributed by atoms with E-state index in [4.69, 9.17) is 9.47 Å². The number of imide groups is 2. The largest absolute Gasteiger partial charge is 0.443 e. The van der Waals surface area contributed by atoms with Gasteiger partial charge >= 0.3 is 12.2 Å². The molecule has 2 fully saturated rings. The van der Waals surface area contributed by atoms with Crippen LogP contribution in [-0.4, -0.2) is 82.0 Å². The molecule has 0 bridgehead atoms. The predicted molar refractivity (Wildman–Crippen MR) is 178 cm³/mol. The molecule has 2 atom stereocenters. The van der Waals surface area contributed by atoms with Crippen molar-refractivity contribution < 1.29 is 38.2 Å². The summed E-state index contributed by atoms with van der Waals surface area (Å²) in [5.41, 5.74) is 0.566. The molecule has 2 aliphatic heterocycles. The molecule has 1 aromatic rings. The van der Waals surface area contributed by atoms with Crippen molar-refractivity contribution in [1.82, 2.24) is 20.4 Å². The van der Waals surface area contributed by atoms with E-state index in [1.54, 1.807) is 52.5 Å². The fourth-order valence-corrected chi connectivity index (χ4v) is 6.75. The van der Waals surface area contributed by atoms with Gasteiger partial charge in [-0.3, -0.25) is 24.5 Å². The van der Waals surface area contributed by atoms with Gasteiger partial charge in [-0.05, 0) is 105 Å². The van der Waals surface area contributed by atoms with Crippen LogP contribution in [0, 0.1) is 5.92 Å². The van der Waals surface area contributed by atoms with Crippen LogP contribution in [0.25, 0.3) is 0 Å². The summed E-state index contributed by atoms with van der Waals surface area (Å²) in [7, 11) is 0. The number of nitrogens with zero attached hydrogens (tertiary/aromatic N) is 2. The molecule has 0 unspecified atom stereocenters. The minimum absolute atomic E-state index is 0.0461. The van der Waals surface area contributed by atoms with E-state index in [1.807, 2.05) is 12.1 Å². The lowest BCUT2D eigenvalue weighted by Gasteiger charge is -2.41. The third-order valence-electron chi connectivity index (χ3n) is 8.69. The fraction of sp³-hybridized carbons (Fsp3) is 0.657. The summed E-state index contributed by atoms with van der Waals surface area (Å²) in [6, 6.07) is 4.43. The number of rotatable bonds is 9. The van der Waals surface area contributed by atoms with Crippen molar-refractivity contribution in [3.8, 4) is 0 Å². The SMILES string of the molecule is CC(=O)NC1CCC([C@@H]2c3c(NCCCCN(C(=O)OC(C)(C)C)C(=O)OC(C)(C)C)cccc3C(=O)N2[C@@H]2CCC(=O)NC2=O)CC1. The van der Waals surface area contributed by atoms with Gasteiger partial charge in [0.1, 0.15) is 17.2 Å². The summed E-state index contributed by atoms with van der Waals surface area (Å²) < 4.78 is 10.9. The van der Waals surface area contributed by atoms with Crippen molar-refractivity contribution in [2.24, 2.45) is 5.92 Å². The maximum Gasteiger partial charge on any atom is 0.419 e. The Labute approximate surface area is 282 Å². The second-order valence-corrected chi connectivity index (χ2v) is 14.9. The molecule has 1 saturated heterocycles. The Morgan fingerprint density at radius 2 is 1.54 bits per heavy atom. The Bertz CT molecular complexity index is 1380. The number of nitrogens with one attached hydrogen (secondary N) is 3. The maximum absolute atomic E-state index is 14.0. The van der Waals surface area contributed by atoms with Crippen LogP contribution in [0.3, 0.4) is 0 Å². The highest BCUT2D eigenvalue weighted by Crippen LogP contribution is 2.48. The van der Waals surface area contributed by atoms with Crippen LogP contribution in [-0.2, 0) is 23.9 Å². The Morgan fingerprint density at radius 1 is 0.917 bits per heavy atom. The van der Waals surface area contributed by atoms with Gasteiger partial charge in [-0.1, -0.05) is 6.07 Å². The van der Waals surface area contributed by atoms with Crippen LogP contribution in [0.2, 0.25) is 0 Å². The van der Waals surface area contributed by atoms with Gasteiger partial charge in [0, 0.05) is 49.3 Å². The summed E-state index contributed by atoms with van der Waals surface area (Å²) in [6.07, 6.45) is 2.97. The van der Waals surface area contributed by atoms with Gasteiger partial charge in [-0.25, -0.2) is 14.5 Å².